The van der Waals surface area contributed by atoms with Crippen LogP contribution in [0.15, 0.2) is 11.2 Å². The molecule has 1 aromatic heterocycles. The monoisotopic (exact) mass is 506 g/mol. The molecule has 0 saturated carbocycles. The van der Waals surface area contributed by atoms with Crippen LogP contribution in [0.1, 0.15) is 30.2 Å². The first-order valence-corrected chi connectivity index (χ1v) is 9.69. The van der Waals surface area contributed by atoms with Crippen molar-refractivity contribution in [2.45, 2.75) is 33.7 Å². The molecule has 0 amide bonds. The van der Waals surface area contributed by atoms with E-state index in [4.69, 9.17) is 19.2 Å². The second-order valence-corrected chi connectivity index (χ2v) is 6.88. The zero-order valence-electron chi connectivity index (χ0n) is 17.8. The number of nitrogens with one attached hydrogen (secondary N) is 1. The van der Waals surface area contributed by atoms with Crippen LogP contribution in [0.25, 0.3) is 0 Å². The van der Waals surface area contributed by atoms with E-state index in [0.29, 0.717) is 25.7 Å². The Bertz CT molecular complexity index is 628. The third kappa shape index (κ3) is 7.04. The molecule has 1 atom stereocenters. The molecule has 7 nitrogen and oxygen atoms in total. The zero-order valence-corrected chi connectivity index (χ0v) is 20.1. The van der Waals surface area contributed by atoms with E-state index in [-0.39, 0.29) is 24.0 Å². The Morgan fingerprint density at radius 2 is 2.11 bits per heavy atom. The van der Waals surface area contributed by atoms with Crippen LogP contribution in [0.4, 0.5) is 0 Å². The van der Waals surface area contributed by atoms with Crippen LogP contribution in [-0.2, 0) is 16.0 Å². The van der Waals surface area contributed by atoms with Crippen LogP contribution in [0.2, 0.25) is 0 Å². The van der Waals surface area contributed by atoms with Crippen molar-refractivity contribution >= 4 is 29.9 Å². The number of aryl methyl sites for hydroxylation is 1. The van der Waals surface area contributed by atoms with Crippen molar-refractivity contribution in [2.24, 2.45) is 10.9 Å². The summed E-state index contributed by atoms with van der Waals surface area (Å²) in [4.78, 5) is 11.7. The van der Waals surface area contributed by atoms with E-state index in [0.717, 1.165) is 61.2 Å². The highest BCUT2D eigenvalue weighted by Crippen LogP contribution is 2.24. The van der Waals surface area contributed by atoms with Gasteiger partial charge in [0.25, 0.3) is 0 Å². The molecule has 1 aliphatic rings. The molecule has 1 aliphatic heterocycles. The summed E-state index contributed by atoms with van der Waals surface area (Å²) in [6, 6.07) is 0. The highest BCUT2D eigenvalue weighted by atomic mass is 127. The van der Waals surface area contributed by atoms with Crippen molar-refractivity contribution in [1.29, 1.82) is 0 Å². The topological polar surface area (TPSA) is 68.2 Å². The molecule has 0 bridgehead atoms. The molecule has 8 heteroatoms. The van der Waals surface area contributed by atoms with Gasteiger partial charge in [0.15, 0.2) is 5.96 Å². The fraction of sp³-hybridized carbons (Fsp3) is 0.700. The minimum Gasteiger partial charge on any atom is -0.496 e. The third-order valence-corrected chi connectivity index (χ3v) is 4.83. The molecular weight excluding hydrogens is 471 g/mol. The van der Waals surface area contributed by atoms with E-state index in [1.54, 1.807) is 14.2 Å². The molecule has 160 valence electrons. The minimum atomic E-state index is 0. The molecule has 1 saturated heterocycles. The molecular formula is C20H35IN4O3. The van der Waals surface area contributed by atoms with Crippen LogP contribution in [0, 0.1) is 19.8 Å². The summed E-state index contributed by atoms with van der Waals surface area (Å²) >= 11 is 0. The molecule has 0 spiro atoms. The minimum absolute atomic E-state index is 0. The average molecular weight is 506 g/mol. The first-order chi connectivity index (χ1) is 13.1. The van der Waals surface area contributed by atoms with Gasteiger partial charge in [-0.1, -0.05) is 0 Å². The smallest absolute Gasteiger partial charge is 0.194 e. The van der Waals surface area contributed by atoms with Crippen molar-refractivity contribution in [3.8, 4) is 5.75 Å². The van der Waals surface area contributed by atoms with Gasteiger partial charge in [0.2, 0.25) is 0 Å². The van der Waals surface area contributed by atoms with Gasteiger partial charge >= 0.3 is 0 Å². The maximum Gasteiger partial charge on any atom is 0.194 e. The van der Waals surface area contributed by atoms with Gasteiger partial charge in [-0.2, -0.15) is 0 Å². The van der Waals surface area contributed by atoms with E-state index < -0.39 is 0 Å². The Labute approximate surface area is 186 Å². The van der Waals surface area contributed by atoms with Gasteiger partial charge in [-0.15, -0.1) is 24.0 Å². The number of methoxy groups -OCH3 is 2. The van der Waals surface area contributed by atoms with Gasteiger partial charge < -0.3 is 24.4 Å². The number of nitrogens with zero attached hydrogens (tertiary/aromatic N) is 3. The van der Waals surface area contributed by atoms with E-state index in [2.05, 4.69) is 22.1 Å². The average Bonchev–Trinajstić information content (AvgIpc) is 3.13. The number of ether oxygens (including phenoxy) is 3. The fourth-order valence-corrected chi connectivity index (χ4v) is 3.36. The Kier molecular flexibility index (Phi) is 11.7. The number of aliphatic imine (C=N–C) groups is 1. The van der Waals surface area contributed by atoms with E-state index in [1.165, 1.54) is 0 Å². The largest absolute Gasteiger partial charge is 0.496 e. The van der Waals surface area contributed by atoms with Crippen molar-refractivity contribution in [3.63, 3.8) is 0 Å². The van der Waals surface area contributed by atoms with Gasteiger partial charge in [0, 0.05) is 50.0 Å². The van der Waals surface area contributed by atoms with Gasteiger partial charge in [-0.25, -0.2) is 4.99 Å². The number of aromatic nitrogens is 1. The summed E-state index contributed by atoms with van der Waals surface area (Å²) in [5.74, 6) is 2.37. The van der Waals surface area contributed by atoms with E-state index in [9.17, 15) is 0 Å². The third-order valence-electron chi connectivity index (χ3n) is 4.83. The highest BCUT2D eigenvalue weighted by Gasteiger charge is 2.25. The standard InChI is InChI=1S/C20H34N4O3.HI/c1-6-21-20(24-8-7-17(13-24)14-27-10-9-25-4)23-12-18-16(3)19(26-5)15(2)11-22-18;/h11,17H,6-10,12-14H2,1-5H3,(H,21,23);1H. The van der Waals surface area contributed by atoms with Crippen LogP contribution in [-0.4, -0.2) is 69.5 Å². The summed E-state index contributed by atoms with van der Waals surface area (Å²) < 4.78 is 16.2. The Morgan fingerprint density at radius 1 is 1.32 bits per heavy atom. The van der Waals surface area contributed by atoms with Crippen molar-refractivity contribution in [3.05, 3.63) is 23.0 Å². The Morgan fingerprint density at radius 3 is 2.79 bits per heavy atom. The Hall–Kier alpha value is -1.13. The second-order valence-electron chi connectivity index (χ2n) is 6.88. The predicted molar refractivity (Wildman–Crippen MR) is 123 cm³/mol. The lowest BCUT2D eigenvalue weighted by molar-refractivity contribution is 0.0536. The first kappa shape index (κ1) is 24.9. The lowest BCUT2D eigenvalue weighted by atomic mass is 10.1. The maximum absolute atomic E-state index is 5.69. The van der Waals surface area contributed by atoms with E-state index >= 15 is 0 Å². The zero-order chi connectivity index (χ0) is 19.6. The van der Waals surface area contributed by atoms with Crippen LogP contribution in [0.3, 0.4) is 0 Å². The van der Waals surface area contributed by atoms with E-state index in [1.807, 2.05) is 20.0 Å². The summed E-state index contributed by atoms with van der Waals surface area (Å²) in [5, 5.41) is 3.41. The summed E-state index contributed by atoms with van der Waals surface area (Å²) in [6.45, 7) is 11.5. The van der Waals surface area contributed by atoms with Gasteiger partial charge in [0.05, 0.1) is 39.2 Å². The quantitative estimate of drug-likeness (QED) is 0.241. The lowest BCUT2D eigenvalue weighted by Gasteiger charge is -2.22. The molecule has 1 aromatic rings. The molecule has 2 heterocycles. The van der Waals surface area contributed by atoms with Gasteiger partial charge in [-0.05, 0) is 27.2 Å². The van der Waals surface area contributed by atoms with Gasteiger partial charge in [0.1, 0.15) is 5.75 Å². The molecule has 1 N–H and O–H groups in total. The summed E-state index contributed by atoms with van der Waals surface area (Å²) in [5.41, 5.74) is 3.06. The van der Waals surface area contributed by atoms with Crippen molar-refractivity contribution in [2.75, 3.05) is 53.7 Å². The molecule has 0 aromatic carbocycles. The molecule has 1 unspecified atom stereocenters. The maximum atomic E-state index is 5.69. The number of pyridine rings is 1. The van der Waals surface area contributed by atoms with Crippen molar-refractivity contribution < 1.29 is 14.2 Å². The van der Waals surface area contributed by atoms with Crippen molar-refractivity contribution in [1.82, 2.24) is 15.2 Å². The number of hydrogen-bond acceptors (Lipinski definition) is 5. The summed E-state index contributed by atoms with van der Waals surface area (Å²) in [7, 11) is 3.39. The fourth-order valence-electron chi connectivity index (χ4n) is 3.36. The molecule has 2 rings (SSSR count). The Balaban J connectivity index is 0.00000392. The number of rotatable bonds is 9. The van der Waals surface area contributed by atoms with Crippen LogP contribution in [0.5, 0.6) is 5.75 Å². The molecule has 28 heavy (non-hydrogen) atoms. The number of guanidine groups is 1. The molecule has 0 radical (unpaired) electrons. The van der Waals surface area contributed by atoms with Crippen LogP contribution >= 0.6 is 24.0 Å². The highest BCUT2D eigenvalue weighted by molar-refractivity contribution is 14.0. The first-order valence-electron chi connectivity index (χ1n) is 9.69. The summed E-state index contributed by atoms with van der Waals surface area (Å²) in [6.07, 6.45) is 2.97. The number of hydrogen-bond donors (Lipinski definition) is 1. The van der Waals surface area contributed by atoms with Gasteiger partial charge in [-0.3, -0.25) is 4.98 Å². The second kappa shape index (κ2) is 13.2. The number of halogens is 1. The van der Waals surface area contributed by atoms with Crippen LogP contribution < -0.4 is 10.1 Å². The normalized spacial score (nSPS) is 16.8. The molecule has 0 aliphatic carbocycles. The SMILES string of the molecule is CCNC(=NCc1ncc(C)c(OC)c1C)N1CCC(COCCOC)C1.I. The lowest BCUT2D eigenvalue weighted by Crippen LogP contribution is -2.40. The number of likely N-dealkylation sites (tertiary alicyclic amines) is 1. The molecule has 1 fully saturated rings. The predicted octanol–water partition coefficient (Wildman–Crippen LogP) is 2.78.